The van der Waals surface area contributed by atoms with Crippen LogP contribution in [0.3, 0.4) is 0 Å². The van der Waals surface area contributed by atoms with E-state index in [1.807, 2.05) is 28.9 Å². The fraction of sp³-hybridized carbons (Fsp3) is 0.474. The molecule has 1 unspecified atom stereocenters. The smallest absolute Gasteiger partial charge is 0.264 e. The SMILES string of the molecule is Cc1c(C(=O)N2CCN(C(=O)C3CCCN3)CC2)sc2ccccc12. The summed E-state index contributed by atoms with van der Waals surface area (Å²) in [6.45, 7) is 5.45. The molecule has 6 heteroatoms. The number of hydrogen-bond donors (Lipinski definition) is 1. The molecule has 1 N–H and O–H groups in total. The van der Waals surface area contributed by atoms with Gasteiger partial charge in [-0.2, -0.15) is 0 Å². The Morgan fingerprint density at radius 3 is 2.52 bits per heavy atom. The average Bonchev–Trinajstić information content (AvgIpc) is 3.30. The van der Waals surface area contributed by atoms with Crippen molar-refractivity contribution in [1.29, 1.82) is 0 Å². The number of aryl methyl sites for hydroxylation is 1. The van der Waals surface area contributed by atoms with Crippen molar-refractivity contribution in [1.82, 2.24) is 15.1 Å². The molecule has 2 aliphatic rings. The molecule has 132 valence electrons. The van der Waals surface area contributed by atoms with E-state index in [0.717, 1.165) is 39.9 Å². The molecule has 2 aromatic rings. The number of carbonyl (C=O) groups is 2. The lowest BCUT2D eigenvalue weighted by molar-refractivity contribution is -0.134. The summed E-state index contributed by atoms with van der Waals surface area (Å²) < 4.78 is 1.16. The highest BCUT2D eigenvalue weighted by molar-refractivity contribution is 7.21. The fourth-order valence-electron chi connectivity index (χ4n) is 3.77. The maximum atomic E-state index is 12.9. The first-order valence-corrected chi connectivity index (χ1v) is 9.76. The summed E-state index contributed by atoms with van der Waals surface area (Å²) in [5.74, 6) is 0.299. The number of nitrogens with one attached hydrogen (secondary N) is 1. The highest BCUT2D eigenvalue weighted by atomic mass is 32.1. The Hall–Kier alpha value is -1.92. The van der Waals surface area contributed by atoms with Crippen LogP contribution < -0.4 is 5.32 Å². The van der Waals surface area contributed by atoms with Gasteiger partial charge in [0, 0.05) is 30.9 Å². The first-order valence-electron chi connectivity index (χ1n) is 8.95. The zero-order valence-corrected chi connectivity index (χ0v) is 15.3. The molecule has 0 bridgehead atoms. The number of rotatable bonds is 2. The fourth-order valence-corrected chi connectivity index (χ4v) is 4.94. The number of nitrogens with zero attached hydrogens (tertiary/aromatic N) is 2. The van der Waals surface area contributed by atoms with Gasteiger partial charge in [0.15, 0.2) is 0 Å². The lowest BCUT2D eigenvalue weighted by Gasteiger charge is -2.35. The van der Waals surface area contributed by atoms with Crippen LogP contribution in [0.2, 0.25) is 0 Å². The molecule has 3 heterocycles. The van der Waals surface area contributed by atoms with Gasteiger partial charge < -0.3 is 15.1 Å². The summed E-state index contributed by atoms with van der Waals surface area (Å²) in [4.78, 5) is 30.1. The minimum atomic E-state index is -0.0212. The van der Waals surface area contributed by atoms with Gasteiger partial charge in [0.25, 0.3) is 5.91 Å². The summed E-state index contributed by atoms with van der Waals surface area (Å²) in [7, 11) is 0. The maximum absolute atomic E-state index is 12.9. The van der Waals surface area contributed by atoms with Crippen LogP contribution in [0.4, 0.5) is 0 Å². The van der Waals surface area contributed by atoms with Gasteiger partial charge in [0.2, 0.25) is 5.91 Å². The molecule has 5 nitrogen and oxygen atoms in total. The number of hydrogen-bond acceptors (Lipinski definition) is 4. The third-order valence-electron chi connectivity index (χ3n) is 5.27. The van der Waals surface area contributed by atoms with Gasteiger partial charge in [0.1, 0.15) is 0 Å². The average molecular weight is 357 g/mol. The summed E-state index contributed by atoms with van der Waals surface area (Å²) in [6.07, 6.45) is 2.00. The molecular formula is C19H23N3O2S. The van der Waals surface area contributed by atoms with Crippen molar-refractivity contribution in [2.75, 3.05) is 32.7 Å². The van der Waals surface area contributed by atoms with Crippen LogP contribution in [-0.2, 0) is 4.79 Å². The predicted molar refractivity (Wildman–Crippen MR) is 100 cm³/mol. The van der Waals surface area contributed by atoms with Crippen LogP contribution in [0.25, 0.3) is 10.1 Å². The molecule has 4 rings (SSSR count). The van der Waals surface area contributed by atoms with Gasteiger partial charge in [-0.05, 0) is 43.3 Å². The lowest BCUT2D eigenvalue weighted by Crippen LogP contribution is -2.54. The van der Waals surface area contributed by atoms with Crippen molar-refractivity contribution in [2.45, 2.75) is 25.8 Å². The Bertz CT molecular complexity index is 802. The highest BCUT2D eigenvalue weighted by Crippen LogP contribution is 2.31. The molecular weight excluding hydrogens is 334 g/mol. The molecule has 0 aliphatic carbocycles. The normalized spacial score (nSPS) is 21.1. The van der Waals surface area contributed by atoms with Crippen LogP contribution in [-0.4, -0.2) is 60.4 Å². The highest BCUT2D eigenvalue weighted by Gasteiger charge is 2.31. The van der Waals surface area contributed by atoms with Crippen molar-refractivity contribution in [3.8, 4) is 0 Å². The first-order chi connectivity index (χ1) is 12.1. The second kappa shape index (κ2) is 6.77. The molecule has 0 spiro atoms. The van der Waals surface area contributed by atoms with E-state index in [0.29, 0.717) is 26.2 Å². The van der Waals surface area contributed by atoms with Crippen molar-refractivity contribution in [2.24, 2.45) is 0 Å². The number of thiophene rings is 1. The standard InChI is InChI=1S/C19H23N3O2S/c1-13-14-5-2-3-7-16(14)25-17(13)19(24)22-11-9-21(10-12-22)18(23)15-6-4-8-20-15/h2-3,5,7,15,20H,4,6,8-12H2,1H3. The van der Waals surface area contributed by atoms with Crippen molar-refractivity contribution >= 4 is 33.2 Å². The molecule has 2 fully saturated rings. The van der Waals surface area contributed by atoms with E-state index in [4.69, 9.17) is 0 Å². The molecule has 2 saturated heterocycles. The molecule has 1 atom stereocenters. The van der Waals surface area contributed by atoms with Gasteiger partial charge in [-0.1, -0.05) is 18.2 Å². The lowest BCUT2D eigenvalue weighted by atomic mass is 10.1. The minimum absolute atomic E-state index is 0.0212. The summed E-state index contributed by atoms with van der Waals surface area (Å²) in [5.41, 5.74) is 1.07. The molecule has 25 heavy (non-hydrogen) atoms. The van der Waals surface area contributed by atoms with E-state index >= 15 is 0 Å². The van der Waals surface area contributed by atoms with E-state index in [1.165, 1.54) is 0 Å². The molecule has 0 saturated carbocycles. The third-order valence-corrected chi connectivity index (χ3v) is 6.54. The van der Waals surface area contributed by atoms with Crippen LogP contribution in [0.5, 0.6) is 0 Å². The first kappa shape index (κ1) is 16.5. The second-order valence-electron chi connectivity index (χ2n) is 6.82. The quantitative estimate of drug-likeness (QED) is 0.897. The topological polar surface area (TPSA) is 52.7 Å². The maximum Gasteiger partial charge on any atom is 0.264 e. The van der Waals surface area contributed by atoms with E-state index < -0.39 is 0 Å². The van der Waals surface area contributed by atoms with Crippen LogP contribution in [0.1, 0.15) is 28.1 Å². The largest absolute Gasteiger partial charge is 0.338 e. The van der Waals surface area contributed by atoms with Gasteiger partial charge in [0.05, 0.1) is 10.9 Å². The van der Waals surface area contributed by atoms with E-state index in [2.05, 4.69) is 17.4 Å². The molecule has 1 aromatic carbocycles. The Labute approximate surface area is 151 Å². The third kappa shape index (κ3) is 3.04. The zero-order chi connectivity index (χ0) is 17.4. The van der Waals surface area contributed by atoms with E-state index in [1.54, 1.807) is 11.3 Å². The molecule has 2 amide bonds. The monoisotopic (exact) mass is 357 g/mol. The van der Waals surface area contributed by atoms with Gasteiger partial charge in [-0.3, -0.25) is 9.59 Å². The van der Waals surface area contributed by atoms with E-state index in [9.17, 15) is 9.59 Å². The van der Waals surface area contributed by atoms with Crippen LogP contribution >= 0.6 is 11.3 Å². The van der Waals surface area contributed by atoms with Crippen LogP contribution in [0.15, 0.2) is 24.3 Å². The second-order valence-corrected chi connectivity index (χ2v) is 7.87. The van der Waals surface area contributed by atoms with Gasteiger partial charge in [-0.25, -0.2) is 0 Å². The Morgan fingerprint density at radius 1 is 1.12 bits per heavy atom. The van der Waals surface area contributed by atoms with Crippen molar-refractivity contribution < 1.29 is 9.59 Å². The Kier molecular flexibility index (Phi) is 4.48. The van der Waals surface area contributed by atoms with E-state index in [-0.39, 0.29) is 17.9 Å². The summed E-state index contributed by atoms with van der Waals surface area (Å²) >= 11 is 1.57. The number of benzene rings is 1. The summed E-state index contributed by atoms with van der Waals surface area (Å²) in [5, 5.41) is 4.43. The number of carbonyl (C=O) groups excluding carboxylic acids is 2. The number of fused-ring (bicyclic) bond motifs is 1. The predicted octanol–water partition coefficient (Wildman–Crippen LogP) is 2.25. The minimum Gasteiger partial charge on any atom is -0.338 e. The number of amides is 2. The zero-order valence-electron chi connectivity index (χ0n) is 14.5. The molecule has 2 aliphatic heterocycles. The molecule has 1 aromatic heterocycles. The molecule has 0 radical (unpaired) electrons. The van der Waals surface area contributed by atoms with Gasteiger partial charge >= 0.3 is 0 Å². The van der Waals surface area contributed by atoms with Crippen LogP contribution in [0, 0.1) is 6.92 Å². The Morgan fingerprint density at radius 2 is 1.84 bits per heavy atom. The van der Waals surface area contributed by atoms with Crippen molar-refractivity contribution in [3.05, 3.63) is 34.7 Å². The Balaban J connectivity index is 1.44. The number of piperazine rings is 1. The summed E-state index contributed by atoms with van der Waals surface area (Å²) in [6, 6.07) is 8.14. The van der Waals surface area contributed by atoms with Crippen molar-refractivity contribution in [3.63, 3.8) is 0 Å². The van der Waals surface area contributed by atoms with Gasteiger partial charge in [-0.15, -0.1) is 11.3 Å².